The highest BCUT2D eigenvalue weighted by Gasteiger charge is 2.29. The Balaban J connectivity index is 2.57. The lowest BCUT2D eigenvalue weighted by Gasteiger charge is -2.22. The molecule has 0 aliphatic rings. The molecular weight excluding hydrogens is 295 g/mol. The number of methoxy groups -OCH3 is 1. The van der Waals surface area contributed by atoms with Crippen LogP contribution in [-0.4, -0.2) is 45.2 Å². The van der Waals surface area contributed by atoms with E-state index < -0.39 is 11.7 Å². The van der Waals surface area contributed by atoms with Crippen molar-refractivity contribution in [2.75, 3.05) is 34.4 Å². The molecule has 4 nitrogen and oxygen atoms in total. The molecule has 0 bridgehead atoms. The summed E-state index contributed by atoms with van der Waals surface area (Å²) in [6.07, 6.45) is -3.45. The highest BCUT2D eigenvalue weighted by molar-refractivity contribution is 5.79. The minimum atomic E-state index is -4.30. The maximum absolute atomic E-state index is 12.5. The Hall–Kier alpha value is -1.76. The van der Waals surface area contributed by atoms with Gasteiger partial charge in [-0.15, -0.1) is 0 Å². The van der Waals surface area contributed by atoms with E-state index in [1.807, 2.05) is 11.9 Å². The molecule has 0 radical (unpaired) electrons. The second-order valence-corrected chi connectivity index (χ2v) is 4.87. The molecule has 1 aromatic rings. The normalized spacial score (nSPS) is 12.4. The van der Waals surface area contributed by atoms with Crippen LogP contribution < -0.4 is 5.32 Å². The maximum atomic E-state index is 12.5. The molecule has 0 unspecified atom stereocenters. The van der Waals surface area contributed by atoms with Crippen LogP contribution in [0.25, 0.3) is 0 Å². The molecule has 1 rings (SSSR count). The van der Waals surface area contributed by atoms with Crippen LogP contribution in [-0.2, 0) is 17.5 Å². The van der Waals surface area contributed by atoms with E-state index in [0.29, 0.717) is 19.1 Å². The number of ether oxygens (including phenoxy) is 1. The van der Waals surface area contributed by atoms with Crippen LogP contribution in [0.4, 0.5) is 13.2 Å². The zero-order valence-electron chi connectivity index (χ0n) is 13.1. The first kappa shape index (κ1) is 18.3. The van der Waals surface area contributed by atoms with Crippen LogP contribution in [0, 0.1) is 0 Å². The number of guanidine groups is 1. The standard InChI is InChI=1S/C15H22F3N3O/c1-19-14(20-9-4-10-22-3)21(2)11-12-5-7-13(8-6-12)15(16,17)18/h5-8H,4,9-11H2,1-3H3,(H,19,20). The van der Waals surface area contributed by atoms with E-state index >= 15 is 0 Å². The van der Waals surface area contributed by atoms with E-state index in [4.69, 9.17) is 4.74 Å². The minimum absolute atomic E-state index is 0.474. The molecule has 0 spiro atoms. The highest BCUT2D eigenvalue weighted by atomic mass is 19.4. The van der Waals surface area contributed by atoms with E-state index in [1.165, 1.54) is 12.1 Å². The largest absolute Gasteiger partial charge is 0.416 e. The molecule has 1 N–H and O–H groups in total. The number of alkyl halides is 3. The van der Waals surface area contributed by atoms with Gasteiger partial charge in [0.1, 0.15) is 0 Å². The summed E-state index contributed by atoms with van der Waals surface area (Å²) >= 11 is 0. The quantitative estimate of drug-likeness (QED) is 0.498. The van der Waals surface area contributed by atoms with Crippen LogP contribution in [0.3, 0.4) is 0 Å². The van der Waals surface area contributed by atoms with Crippen molar-refractivity contribution in [2.24, 2.45) is 4.99 Å². The molecular formula is C15H22F3N3O. The second kappa shape index (κ2) is 8.63. The lowest BCUT2D eigenvalue weighted by atomic mass is 10.1. The van der Waals surface area contributed by atoms with Gasteiger partial charge in [0.25, 0.3) is 0 Å². The predicted octanol–water partition coefficient (Wildman–Crippen LogP) is 2.75. The molecule has 0 fully saturated rings. The molecule has 124 valence electrons. The van der Waals surface area contributed by atoms with Crippen molar-refractivity contribution in [1.29, 1.82) is 0 Å². The van der Waals surface area contributed by atoms with Gasteiger partial charge in [-0.1, -0.05) is 12.1 Å². The summed E-state index contributed by atoms with van der Waals surface area (Å²) in [6, 6.07) is 5.16. The lowest BCUT2D eigenvalue weighted by Crippen LogP contribution is -2.39. The first-order chi connectivity index (χ1) is 10.4. The molecule has 0 aliphatic heterocycles. The van der Waals surface area contributed by atoms with E-state index in [0.717, 1.165) is 30.7 Å². The Morgan fingerprint density at radius 3 is 2.41 bits per heavy atom. The molecule has 0 saturated heterocycles. The molecule has 0 aromatic heterocycles. The third-order valence-electron chi connectivity index (χ3n) is 3.08. The number of hydrogen-bond acceptors (Lipinski definition) is 2. The van der Waals surface area contributed by atoms with Crippen LogP contribution >= 0.6 is 0 Å². The van der Waals surface area contributed by atoms with Gasteiger partial charge >= 0.3 is 6.18 Å². The van der Waals surface area contributed by atoms with E-state index in [-0.39, 0.29) is 0 Å². The number of hydrogen-bond donors (Lipinski definition) is 1. The smallest absolute Gasteiger partial charge is 0.385 e. The number of halogens is 3. The molecule has 0 saturated carbocycles. The van der Waals surface area contributed by atoms with Crippen molar-refractivity contribution in [3.05, 3.63) is 35.4 Å². The molecule has 0 aliphatic carbocycles. The summed E-state index contributed by atoms with van der Waals surface area (Å²) in [5.41, 5.74) is 0.149. The van der Waals surface area contributed by atoms with Crippen molar-refractivity contribution in [2.45, 2.75) is 19.1 Å². The van der Waals surface area contributed by atoms with E-state index in [9.17, 15) is 13.2 Å². The van der Waals surface area contributed by atoms with Gasteiger partial charge in [0.15, 0.2) is 5.96 Å². The van der Waals surface area contributed by atoms with Crippen LogP contribution in [0.2, 0.25) is 0 Å². The lowest BCUT2D eigenvalue weighted by molar-refractivity contribution is -0.137. The Morgan fingerprint density at radius 2 is 1.91 bits per heavy atom. The van der Waals surface area contributed by atoms with Gasteiger partial charge in [-0.3, -0.25) is 4.99 Å². The van der Waals surface area contributed by atoms with Crippen molar-refractivity contribution >= 4 is 5.96 Å². The van der Waals surface area contributed by atoms with Gasteiger partial charge in [0.05, 0.1) is 5.56 Å². The molecule has 0 atom stereocenters. The first-order valence-corrected chi connectivity index (χ1v) is 6.95. The fourth-order valence-corrected chi connectivity index (χ4v) is 1.95. The zero-order valence-corrected chi connectivity index (χ0v) is 13.1. The summed E-state index contributed by atoms with van der Waals surface area (Å²) in [5.74, 6) is 0.691. The minimum Gasteiger partial charge on any atom is -0.385 e. The fraction of sp³-hybridized carbons (Fsp3) is 0.533. The van der Waals surface area contributed by atoms with Crippen molar-refractivity contribution in [3.8, 4) is 0 Å². The molecule has 22 heavy (non-hydrogen) atoms. The number of aliphatic imine (C=N–C) groups is 1. The van der Waals surface area contributed by atoms with Crippen LogP contribution in [0.1, 0.15) is 17.5 Å². The fourth-order valence-electron chi connectivity index (χ4n) is 1.95. The van der Waals surface area contributed by atoms with E-state index in [2.05, 4.69) is 10.3 Å². The number of rotatable bonds is 6. The summed E-state index contributed by atoms with van der Waals surface area (Å²) in [6.45, 7) is 1.85. The van der Waals surface area contributed by atoms with Gasteiger partial charge in [-0.05, 0) is 24.1 Å². The van der Waals surface area contributed by atoms with Crippen molar-refractivity contribution < 1.29 is 17.9 Å². The van der Waals surface area contributed by atoms with Gasteiger partial charge in [0.2, 0.25) is 0 Å². The molecule has 7 heteroatoms. The van der Waals surface area contributed by atoms with Gasteiger partial charge in [0, 0.05) is 40.9 Å². The third-order valence-corrected chi connectivity index (χ3v) is 3.08. The highest BCUT2D eigenvalue weighted by Crippen LogP contribution is 2.29. The second-order valence-electron chi connectivity index (χ2n) is 4.87. The van der Waals surface area contributed by atoms with E-state index in [1.54, 1.807) is 14.2 Å². The van der Waals surface area contributed by atoms with Gasteiger partial charge in [-0.25, -0.2) is 0 Å². The zero-order chi connectivity index (χ0) is 16.6. The number of nitrogens with one attached hydrogen (secondary N) is 1. The van der Waals surface area contributed by atoms with Crippen LogP contribution in [0.5, 0.6) is 0 Å². The Labute approximate surface area is 129 Å². The molecule has 0 amide bonds. The van der Waals surface area contributed by atoms with Gasteiger partial charge in [-0.2, -0.15) is 13.2 Å². The van der Waals surface area contributed by atoms with Crippen molar-refractivity contribution in [3.63, 3.8) is 0 Å². The summed E-state index contributed by atoms with van der Waals surface area (Å²) < 4.78 is 42.5. The Kier molecular flexibility index (Phi) is 7.17. The SMILES string of the molecule is CN=C(NCCCOC)N(C)Cc1ccc(C(F)(F)F)cc1. The van der Waals surface area contributed by atoms with Crippen molar-refractivity contribution in [1.82, 2.24) is 10.2 Å². The summed E-state index contributed by atoms with van der Waals surface area (Å²) in [7, 11) is 5.15. The Bertz CT molecular complexity index is 472. The third kappa shape index (κ3) is 5.93. The summed E-state index contributed by atoms with van der Waals surface area (Å²) in [5, 5.41) is 3.18. The van der Waals surface area contributed by atoms with Crippen LogP contribution in [0.15, 0.2) is 29.3 Å². The topological polar surface area (TPSA) is 36.9 Å². The average molecular weight is 317 g/mol. The molecule has 0 heterocycles. The average Bonchev–Trinajstić information content (AvgIpc) is 2.47. The number of benzene rings is 1. The number of nitrogens with zero attached hydrogens (tertiary/aromatic N) is 2. The summed E-state index contributed by atoms with van der Waals surface area (Å²) in [4.78, 5) is 6.01. The molecule has 1 aromatic carbocycles. The maximum Gasteiger partial charge on any atom is 0.416 e. The Morgan fingerprint density at radius 1 is 1.27 bits per heavy atom. The first-order valence-electron chi connectivity index (χ1n) is 6.95. The predicted molar refractivity (Wildman–Crippen MR) is 80.8 cm³/mol. The monoisotopic (exact) mass is 317 g/mol. The van der Waals surface area contributed by atoms with Gasteiger partial charge < -0.3 is 15.0 Å².